The largest absolute Gasteiger partial charge is 0.455 e. The third-order valence-corrected chi connectivity index (χ3v) is 3.18. The maximum absolute atomic E-state index is 11.8. The molecular formula is C13H21N2O5P. The summed E-state index contributed by atoms with van der Waals surface area (Å²) in [6.07, 6.45) is 0. The van der Waals surface area contributed by atoms with Crippen molar-refractivity contribution in [3.05, 3.63) is 35.9 Å². The fourth-order valence-electron chi connectivity index (χ4n) is 1.43. The zero-order valence-corrected chi connectivity index (χ0v) is 13.4. The van der Waals surface area contributed by atoms with E-state index in [2.05, 4.69) is 10.0 Å². The summed E-state index contributed by atoms with van der Waals surface area (Å²) in [5.41, 5.74) is 6.20. The molecular weight excluding hydrogens is 295 g/mol. The maximum Gasteiger partial charge on any atom is 0.455 e. The van der Waals surface area contributed by atoms with E-state index in [9.17, 15) is 9.36 Å². The molecule has 0 spiro atoms. The fraction of sp³-hybridized carbons (Fsp3) is 0.462. The van der Waals surface area contributed by atoms with E-state index in [1.165, 1.54) is 13.8 Å². The summed E-state index contributed by atoms with van der Waals surface area (Å²) in [5, 5.41) is 0. The lowest BCUT2D eigenvalue weighted by atomic mass is 9.98. The van der Waals surface area contributed by atoms with E-state index in [0.29, 0.717) is 0 Å². The number of hydrogen-bond donors (Lipinski definition) is 3. The lowest BCUT2D eigenvalue weighted by molar-refractivity contribution is -0.161. The summed E-state index contributed by atoms with van der Waals surface area (Å²) in [7, 11) is -4.39. The molecule has 0 radical (unpaired) electrons. The highest BCUT2D eigenvalue weighted by Crippen LogP contribution is 2.33. The Labute approximate surface area is 124 Å². The Balaban J connectivity index is 2.73. The number of hydroxylamine groups is 1. The average molecular weight is 316 g/mol. The molecule has 0 aromatic heterocycles. The van der Waals surface area contributed by atoms with Gasteiger partial charge in [-0.3, -0.25) is 4.84 Å². The predicted octanol–water partition coefficient (Wildman–Crippen LogP) is 1.82. The number of nitrogens with two attached hydrogens (primary N) is 1. The minimum Gasteiger partial charge on any atom is -0.379 e. The molecule has 0 amide bonds. The van der Waals surface area contributed by atoms with Gasteiger partial charge in [-0.15, -0.1) is 0 Å². The highest BCUT2D eigenvalue weighted by atomic mass is 31.2. The van der Waals surface area contributed by atoms with Crippen LogP contribution < -0.4 is 11.0 Å². The molecule has 1 unspecified atom stereocenters. The molecule has 0 aliphatic heterocycles. The molecule has 1 aromatic rings. The van der Waals surface area contributed by atoms with E-state index in [1.54, 1.807) is 0 Å². The van der Waals surface area contributed by atoms with E-state index in [1.807, 2.05) is 44.2 Å². The van der Waals surface area contributed by atoms with Gasteiger partial charge in [-0.25, -0.2) is 14.9 Å². The average Bonchev–Trinajstić information content (AvgIpc) is 2.36. The molecule has 0 heterocycles. The van der Waals surface area contributed by atoms with Crippen molar-refractivity contribution in [3.63, 3.8) is 0 Å². The summed E-state index contributed by atoms with van der Waals surface area (Å²) in [6.45, 7) is 6.53. The van der Waals surface area contributed by atoms with Crippen LogP contribution in [0.25, 0.3) is 0 Å². The van der Waals surface area contributed by atoms with Gasteiger partial charge < -0.3 is 9.42 Å². The van der Waals surface area contributed by atoms with Gasteiger partial charge >= 0.3 is 13.7 Å². The first-order chi connectivity index (χ1) is 9.44. The first-order valence-electron chi connectivity index (χ1n) is 6.30. The molecule has 0 bridgehead atoms. The summed E-state index contributed by atoms with van der Waals surface area (Å²) in [4.78, 5) is 26.2. The zero-order chi connectivity index (χ0) is 16.3. The molecule has 1 aromatic carbocycles. The molecule has 118 valence electrons. The van der Waals surface area contributed by atoms with Gasteiger partial charge in [0.2, 0.25) is 0 Å². The summed E-state index contributed by atoms with van der Waals surface area (Å²) in [6, 6.07) is 9.39. The number of carbonyl (C=O) groups is 1. The van der Waals surface area contributed by atoms with Crippen LogP contribution in [0.3, 0.4) is 0 Å². The molecule has 21 heavy (non-hydrogen) atoms. The van der Waals surface area contributed by atoms with Crippen LogP contribution in [-0.4, -0.2) is 16.4 Å². The van der Waals surface area contributed by atoms with Crippen LogP contribution >= 0.6 is 7.75 Å². The second-order valence-corrected chi connectivity index (χ2v) is 6.96. The Morgan fingerprint density at radius 3 is 2.24 bits per heavy atom. The van der Waals surface area contributed by atoms with Gasteiger partial charge in [0.1, 0.15) is 11.1 Å². The van der Waals surface area contributed by atoms with Crippen molar-refractivity contribution in [2.24, 2.45) is 5.50 Å². The number of nitrogens with one attached hydrogen (secondary N) is 1. The Kier molecular flexibility index (Phi) is 5.30. The van der Waals surface area contributed by atoms with Crippen molar-refractivity contribution >= 4 is 13.7 Å². The molecule has 4 N–H and O–H groups in total. The molecule has 1 rings (SSSR count). The van der Waals surface area contributed by atoms with Crippen molar-refractivity contribution in [1.82, 2.24) is 5.48 Å². The molecule has 0 saturated heterocycles. The highest BCUT2D eigenvalue weighted by molar-refractivity contribution is 7.50. The first-order valence-corrected chi connectivity index (χ1v) is 7.95. The van der Waals surface area contributed by atoms with Crippen molar-refractivity contribution in [3.8, 4) is 0 Å². The van der Waals surface area contributed by atoms with Gasteiger partial charge in [-0.1, -0.05) is 30.3 Å². The second kappa shape index (κ2) is 6.25. The van der Waals surface area contributed by atoms with E-state index in [0.717, 1.165) is 5.56 Å². The molecule has 7 nitrogen and oxygen atoms in total. The van der Waals surface area contributed by atoms with Gasteiger partial charge in [-0.2, -0.15) is 5.48 Å². The summed E-state index contributed by atoms with van der Waals surface area (Å²) >= 11 is 0. The molecule has 0 aliphatic rings. The summed E-state index contributed by atoms with van der Waals surface area (Å²) < 4.78 is 15.2. The topological polar surface area (TPSA) is 111 Å². The monoisotopic (exact) mass is 316 g/mol. The minimum absolute atomic E-state index is 0.718. The Morgan fingerprint density at radius 1 is 1.24 bits per heavy atom. The second-order valence-electron chi connectivity index (χ2n) is 5.65. The van der Waals surface area contributed by atoms with E-state index < -0.39 is 24.9 Å². The van der Waals surface area contributed by atoms with Crippen molar-refractivity contribution in [2.75, 3.05) is 0 Å². The number of benzene rings is 1. The van der Waals surface area contributed by atoms with Crippen LogP contribution in [0, 0.1) is 0 Å². The SMILES string of the molecule is CC(C)(NOC(C)(C)c1ccccc1)C(=O)OP(N)(=O)O. The van der Waals surface area contributed by atoms with Crippen LogP contribution in [0.4, 0.5) is 0 Å². The molecule has 0 saturated carbocycles. The van der Waals surface area contributed by atoms with Crippen LogP contribution in [-0.2, 0) is 24.3 Å². The van der Waals surface area contributed by atoms with Gasteiger partial charge in [0, 0.05) is 0 Å². The molecule has 0 aliphatic carbocycles. The highest BCUT2D eigenvalue weighted by Gasteiger charge is 2.36. The van der Waals surface area contributed by atoms with Crippen LogP contribution in [0.15, 0.2) is 30.3 Å². The Bertz CT molecular complexity index is 539. The van der Waals surface area contributed by atoms with Crippen molar-refractivity contribution in [1.29, 1.82) is 0 Å². The van der Waals surface area contributed by atoms with Gasteiger partial charge in [-0.05, 0) is 33.3 Å². The molecule has 0 fully saturated rings. The first kappa shape index (κ1) is 17.8. The van der Waals surface area contributed by atoms with Crippen molar-refractivity contribution < 1.29 is 23.6 Å². The number of carbonyl (C=O) groups excluding carboxylic acids is 1. The molecule has 8 heteroatoms. The van der Waals surface area contributed by atoms with Gasteiger partial charge in [0.15, 0.2) is 0 Å². The van der Waals surface area contributed by atoms with Gasteiger partial charge in [0.25, 0.3) is 0 Å². The van der Waals surface area contributed by atoms with E-state index >= 15 is 0 Å². The molecule has 1 atom stereocenters. The summed E-state index contributed by atoms with van der Waals surface area (Å²) in [5.74, 6) is -0.986. The van der Waals surface area contributed by atoms with Gasteiger partial charge in [0.05, 0.1) is 0 Å². The third kappa shape index (κ3) is 5.57. The minimum atomic E-state index is -4.39. The number of hydrogen-bond acceptors (Lipinski definition) is 5. The van der Waals surface area contributed by atoms with E-state index in [4.69, 9.17) is 15.2 Å². The van der Waals surface area contributed by atoms with E-state index in [-0.39, 0.29) is 0 Å². The predicted molar refractivity (Wildman–Crippen MR) is 77.9 cm³/mol. The normalized spacial score (nSPS) is 15.3. The fourth-order valence-corrected chi connectivity index (χ4v) is 1.89. The van der Waals surface area contributed by atoms with Crippen LogP contribution in [0.5, 0.6) is 0 Å². The van der Waals surface area contributed by atoms with Crippen LogP contribution in [0.2, 0.25) is 0 Å². The third-order valence-electron chi connectivity index (χ3n) is 2.75. The van der Waals surface area contributed by atoms with Crippen LogP contribution in [0.1, 0.15) is 33.3 Å². The number of rotatable bonds is 6. The lowest BCUT2D eigenvalue weighted by Gasteiger charge is -2.31. The quantitative estimate of drug-likeness (QED) is 0.542. The standard InChI is InChI=1S/C13H21N2O5P/c1-12(2,11(16)19-21(14,17)18)15-20-13(3,4)10-8-6-5-7-9-10/h5-9,15H,1-4H3,(H3,14,17,18). The lowest BCUT2D eigenvalue weighted by Crippen LogP contribution is -2.50. The Hall–Kier alpha value is -1.24. The Morgan fingerprint density at radius 2 is 1.76 bits per heavy atom. The smallest absolute Gasteiger partial charge is 0.379 e. The van der Waals surface area contributed by atoms with Crippen molar-refractivity contribution in [2.45, 2.75) is 38.8 Å². The maximum atomic E-state index is 11.8. The zero-order valence-electron chi connectivity index (χ0n) is 12.5.